The van der Waals surface area contributed by atoms with Crippen molar-refractivity contribution in [3.05, 3.63) is 24.3 Å². The number of benzene rings is 1. The molecule has 0 aliphatic heterocycles. The maximum absolute atomic E-state index is 5.16. The van der Waals surface area contributed by atoms with E-state index in [2.05, 4.69) is 50.2 Å². The van der Waals surface area contributed by atoms with Crippen LogP contribution in [0.3, 0.4) is 0 Å². The van der Waals surface area contributed by atoms with E-state index in [0.717, 1.165) is 25.4 Å². The lowest BCUT2D eigenvalue weighted by Crippen LogP contribution is -2.30. The lowest BCUT2D eigenvalue weighted by molar-refractivity contribution is 0.368. The Balaban J connectivity index is 2.25. The summed E-state index contributed by atoms with van der Waals surface area (Å²) in [5.74, 6) is 0.903. The molecular weight excluding hydrogens is 236 g/mol. The van der Waals surface area contributed by atoms with Gasteiger partial charge in [0.1, 0.15) is 5.75 Å². The second kappa shape index (κ2) is 7.39. The molecule has 108 valence electrons. The van der Waals surface area contributed by atoms with Crippen LogP contribution in [0.4, 0.5) is 5.69 Å². The molecule has 0 unspecified atom stereocenters. The zero-order chi connectivity index (χ0) is 14.3. The van der Waals surface area contributed by atoms with Gasteiger partial charge in [-0.3, -0.25) is 0 Å². The first-order chi connectivity index (χ1) is 8.92. The lowest BCUT2D eigenvalue weighted by Gasteiger charge is -2.21. The zero-order valence-electron chi connectivity index (χ0n) is 13.0. The van der Waals surface area contributed by atoms with Gasteiger partial charge in [0, 0.05) is 25.8 Å². The van der Waals surface area contributed by atoms with Crippen molar-refractivity contribution in [2.24, 2.45) is 5.41 Å². The fraction of sp³-hybridized carbons (Fsp3) is 0.625. The van der Waals surface area contributed by atoms with Crippen molar-refractivity contribution < 1.29 is 4.74 Å². The van der Waals surface area contributed by atoms with Gasteiger partial charge in [0.05, 0.1) is 7.11 Å². The van der Waals surface area contributed by atoms with Gasteiger partial charge in [0.25, 0.3) is 0 Å². The normalized spacial score (nSPS) is 11.4. The van der Waals surface area contributed by atoms with E-state index in [1.54, 1.807) is 7.11 Å². The number of anilines is 1. The molecule has 0 aliphatic carbocycles. The van der Waals surface area contributed by atoms with Crippen molar-refractivity contribution in [3.8, 4) is 5.75 Å². The summed E-state index contributed by atoms with van der Waals surface area (Å²) in [7, 11) is 3.81. The molecule has 0 saturated heterocycles. The minimum atomic E-state index is 0.412. The van der Waals surface area contributed by atoms with Crippen LogP contribution in [0, 0.1) is 5.41 Å². The third-order valence-corrected chi connectivity index (χ3v) is 3.19. The Bertz CT molecular complexity index is 354. The molecule has 0 atom stereocenters. The molecule has 0 radical (unpaired) electrons. The van der Waals surface area contributed by atoms with Crippen LogP contribution in [0.25, 0.3) is 0 Å². The largest absolute Gasteiger partial charge is 0.497 e. The third-order valence-electron chi connectivity index (χ3n) is 3.19. The Morgan fingerprint density at radius 1 is 1.11 bits per heavy atom. The number of likely N-dealkylation sites (N-methyl/N-ethyl adjacent to an activating group) is 1. The summed E-state index contributed by atoms with van der Waals surface area (Å²) >= 11 is 0. The Morgan fingerprint density at radius 3 is 2.26 bits per heavy atom. The van der Waals surface area contributed by atoms with Gasteiger partial charge in [-0.15, -0.1) is 0 Å². The summed E-state index contributed by atoms with van der Waals surface area (Å²) in [5, 5.41) is 3.50. The van der Waals surface area contributed by atoms with Gasteiger partial charge in [-0.05, 0) is 42.6 Å². The highest BCUT2D eigenvalue weighted by molar-refractivity contribution is 5.48. The lowest BCUT2D eigenvalue weighted by atomic mass is 9.92. The van der Waals surface area contributed by atoms with E-state index in [-0.39, 0.29) is 0 Å². The molecule has 0 saturated carbocycles. The molecule has 0 heterocycles. The molecule has 0 fully saturated rings. The number of hydrogen-bond acceptors (Lipinski definition) is 3. The van der Waals surface area contributed by atoms with Crippen LogP contribution in [0.15, 0.2) is 24.3 Å². The van der Waals surface area contributed by atoms with Crippen molar-refractivity contribution in [2.75, 3.05) is 38.7 Å². The SMILES string of the molecule is COc1ccc(N(C)CCNCCC(C)(C)C)cc1. The van der Waals surface area contributed by atoms with Crippen LogP contribution in [-0.2, 0) is 0 Å². The Morgan fingerprint density at radius 2 is 1.74 bits per heavy atom. The van der Waals surface area contributed by atoms with Crippen LogP contribution in [0.5, 0.6) is 5.75 Å². The topological polar surface area (TPSA) is 24.5 Å². The first-order valence-electron chi connectivity index (χ1n) is 6.98. The molecule has 3 nitrogen and oxygen atoms in total. The molecule has 1 N–H and O–H groups in total. The van der Waals surface area contributed by atoms with E-state index in [4.69, 9.17) is 4.74 Å². The summed E-state index contributed by atoms with van der Waals surface area (Å²) in [6.07, 6.45) is 1.21. The summed E-state index contributed by atoms with van der Waals surface area (Å²) in [4.78, 5) is 2.25. The highest BCUT2D eigenvalue weighted by Crippen LogP contribution is 2.18. The number of nitrogens with zero attached hydrogens (tertiary/aromatic N) is 1. The van der Waals surface area contributed by atoms with E-state index in [1.807, 2.05) is 12.1 Å². The summed E-state index contributed by atoms with van der Waals surface area (Å²) in [6.45, 7) is 9.93. The molecule has 0 aliphatic rings. The molecule has 3 heteroatoms. The number of rotatable bonds is 7. The van der Waals surface area contributed by atoms with E-state index in [0.29, 0.717) is 5.41 Å². The Hall–Kier alpha value is -1.22. The van der Waals surface area contributed by atoms with Crippen molar-refractivity contribution in [3.63, 3.8) is 0 Å². The highest BCUT2D eigenvalue weighted by atomic mass is 16.5. The molecule has 0 amide bonds. The van der Waals surface area contributed by atoms with Crippen LogP contribution in [0.2, 0.25) is 0 Å². The van der Waals surface area contributed by atoms with Crippen molar-refractivity contribution in [2.45, 2.75) is 27.2 Å². The maximum Gasteiger partial charge on any atom is 0.119 e. The molecule has 1 aromatic carbocycles. The zero-order valence-corrected chi connectivity index (χ0v) is 13.0. The number of ether oxygens (including phenoxy) is 1. The van der Waals surface area contributed by atoms with Crippen molar-refractivity contribution in [1.82, 2.24) is 5.32 Å². The smallest absolute Gasteiger partial charge is 0.119 e. The standard InChI is InChI=1S/C16H28N2O/c1-16(2,3)10-11-17-12-13-18(4)14-6-8-15(19-5)9-7-14/h6-9,17H,10-13H2,1-5H3. The van der Waals surface area contributed by atoms with E-state index < -0.39 is 0 Å². The Labute approximate surface area is 118 Å². The van der Waals surface area contributed by atoms with Crippen LogP contribution < -0.4 is 15.0 Å². The summed E-state index contributed by atoms with van der Waals surface area (Å²) < 4.78 is 5.16. The molecule has 0 aromatic heterocycles. The van der Waals surface area contributed by atoms with Gasteiger partial charge >= 0.3 is 0 Å². The molecule has 1 aromatic rings. The molecule has 0 bridgehead atoms. The van der Waals surface area contributed by atoms with Crippen molar-refractivity contribution in [1.29, 1.82) is 0 Å². The number of nitrogens with one attached hydrogen (secondary N) is 1. The van der Waals surface area contributed by atoms with Gasteiger partial charge in [0.2, 0.25) is 0 Å². The van der Waals surface area contributed by atoms with Crippen LogP contribution >= 0.6 is 0 Å². The summed E-state index contributed by atoms with van der Waals surface area (Å²) in [5.41, 5.74) is 1.63. The van der Waals surface area contributed by atoms with Gasteiger partial charge in [-0.25, -0.2) is 0 Å². The summed E-state index contributed by atoms with van der Waals surface area (Å²) in [6, 6.07) is 8.18. The van der Waals surface area contributed by atoms with E-state index in [9.17, 15) is 0 Å². The van der Waals surface area contributed by atoms with Gasteiger partial charge < -0.3 is 15.0 Å². The average molecular weight is 264 g/mol. The van der Waals surface area contributed by atoms with Gasteiger partial charge in [-0.2, -0.15) is 0 Å². The fourth-order valence-corrected chi connectivity index (χ4v) is 1.80. The highest BCUT2D eigenvalue weighted by Gasteiger charge is 2.08. The van der Waals surface area contributed by atoms with Gasteiger partial charge in [0.15, 0.2) is 0 Å². The van der Waals surface area contributed by atoms with Crippen LogP contribution in [0.1, 0.15) is 27.2 Å². The predicted octanol–water partition coefficient (Wildman–Crippen LogP) is 3.16. The average Bonchev–Trinajstić information content (AvgIpc) is 2.37. The second-order valence-electron chi connectivity index (χ2n) is 6.18. The fourth-order valence-electron chi connectivity index (χ4n) is 1.80. The first-order valence-corrected chi connectivity index (χ1v) is 6.98. The number of hydrogen-bond donors (Lipinski definition) is 1. The molecule has 1 rings (SSSR count). The third kappa shape index (κ3) is 6.48. The monoisotopic (exact) mass is 264 g/mol. The van der Waals surface area contributed by atoms with E-state index >= 15 is 0 Å². The number of methoxy groups -OCH3 is 1. The minimum Gasteiger partial charge on any atom is -0.497 e. The minimum absolute atomic E-state index is 0.412. The second-order valence-corrected chi connectivity index (χ2v) is 6.18. The molecule has 19 heavy (non-hydrogen) atoms. The quantitative estimate of drug-likeness (QED) is 0.766. The Kier molecular flexibility index (Phi) is 6.16. The van der Waals surface area contributed by atoms with E-state index in [1.165, 1.54) is 12.1 Å². The van der Waals surface area contributed by atoms with Crippen LogP contribution in [-0.4, -0.2) is 33.8 Å². The predicted molar refractivity (Wildman–Crippen MR) is 83.2 cm³/mol. The van der Waals surface area contributed by atoms with Crippen molar-refractivity contribution >= 4 is 5.69 Å². The molecular formula is C16H28N2O. The first kappa shape index (κ1) is 15.8. The van der Waals surface area contributed by atoms with Gasteiger partial charge in [-0.1, -0.05) is 20.8 Å². The maximum atomic E-state index is 5.16. The molecule has 0 spiro atoms.